The Morgan fingerprint density at radius 1 is 1.29 bits per heavy atom. The monoisotopic (exact) mass is 325 g/mol. The van der Waals surface area contributed by atoms with Gasteiger partial charge in [-0.3, -0.25) is 4.74 Å². The van der Waals surface area contributed by atoms with Gasteiger partial charge in [-0.15, -0.1) is 0 Å². The molecule has 1 fully saturated rings. The van der Waals surface area contributed by atoms with Crippen LogP contribution in [0.4, 0.5) is 17.6 Å². The Labute approximate surface area is 116 Å². The molecule has 0 unspecified atom stereocenters. The van der Waals surface area contributed by atoms with Crippen molar-refractivity contribution < 1.29 is 30.7 Å². The van der Waals surface area contributed by atoms with Crippen LogP contribution in [0, 0.1) is 11.3 Å². The average molecular weight is 325 g/mol. The summed E-state index contributed by atoms with van der Waals surface area (Å²) in [7, 11) is -4.74. The number of alkyl halides is 4. The number of halogens is 4. The fraction of sp³-hybridized carbons (Fsp3) is 0.400. The van der Waals surface area contributed by atoms with Crippen LogP contribution in [0.2, 0.25) is 0 Å². The number of nitrogens with zero attached hydrogens (tertiary/aromatic N) is 3. The van der Waals surface area contributed by atoms with E-state index >= 15 is 0 Å². The van der Waals surface area contributed by atoms with E-state index in [4.69, 9.17) is 5.26 Å². The molecule has 0 aliphatic carbocycles. The molecule has 1 aliphatic rings. The number of pyridine rings is 1. The van der Waals surface area contributed by atoms with Gasteiger partial charge in [0.2, 0.25) is 10.0 Å². The third-order valence-electron chi connectivity index (χ3n) is 2.51. The van der Waals surface area contributed by atoms with Gasteiger partial charge in [-0.25, -0.2) is 13.4 Å². The molecule has 1 aromatic rings. The van der Waals surface area contributed by atoms with Crippen LogP contribution in [0.25, 0.3) is 0 Å². The summed E-state index contributed by atoms with van der Waals surface area (Å²) in [5, 5.41) is 8.77. The summed E-state index contributed by atoms with van der Waals surface area (Å²) in [5.41, 5.74) is -0.573. The molecule has 1 aromatic heterocycles. The summed E-state index contributed by atoms with van der Waals surface area (Å²) < 4.78 is 79.8. The zero-order valence-corrected chi connectivity index (χ0v) is 10.9. The smallest absolute Gasteiger partial charge is 0.253 e. The summed E-state index contributed by atoms with van der Waals surface area (Å²) in [6, 6.07) is 3.53. The van der Waals surface area contributed by atoms with Crippen molar-refractivity contribution in [2.24, 2.45) is 0 Å². The molecule has 1 saturated heterocycles. The summed E-state index contributed by atoms with van der Waals surface area (Å²) in [5.74, 6) is 0. The Bertz CT molecular complexity index is 686. The van der Waals surface area contributed by atoms with Gasteiger partial charge < -0.3 is 0 Å². The number of morpholine rings is 1. The van der Waals surface area contributed by atoms with Crippen molar-refractivity contribution in [3.8, 4) is 6.07 Å². The van der Waals surface area contributed by atoms with E-state index < -0.39 is 45.9 Å². The number of hydrogen-bond donors (Lipinski definition) is 0. The topological polar surface area (TPSA) is 83.3 Å². The molecular formula is C10H7F4N3O3S. The van der Waals surface area contributed by atoms with Crippen LogP contribution >= 0.6 is 0 Å². The van der Waals surface area contributed by atoms with E-state index in [9.17, 15) is 26.0 Å². The van der Waals surface area contributed by atoms with E-state index in [1.165, 1.54) is 6.07 Å². The predicted octanol–water partition coefficient (Wildman–Crippen LogP) is 1.16. The van der Waals surface area contributed by atoms with Crippen LogP contribution in [0.3, 0.4) is 0 Å². The maximum atomic E-state index is 13.1. The van der Waals surface area contributed by atoms with E-state index in [2.05, 4.69) is 9.72 Å². The number of aromatic nitrogens is 1. The molecule has 0 radical (unpaired) electrons. The molecule has 114 valence electrons. The van der Waals surface area contributed by atoms with Gasteiger partial charge in [0.25, 0.3) is 0 Å². The quantitative estimate of drug-likeness (QED) is 0.762. The van der Waals surface area contributed by atoms with Gasteiger partial charge in [0.1, 0.15) is 24.1 Å². The molecule has 0 spiro atoms. The van der Waals surface area contributed by atoms with Crippen LogP contribution in [0.1, 0.15) is 5.69 Å². The Hall–Kier alpha value is -1.77. The largest absolute Gasteiger partial charge is 0.374 e. The summed E-state index contributed by atoms with van der Waals surface area (Å²) in [6.07, 6.45) is -7.58. The fourth-order valence-electron chi connectivity index (χ4n) is 1.74. The molecule has 0 N–H and O–H groups in total. The lowest BCUT2D eigenvalue weighted by molar-refractivity contribution is -0.397. The molecule has 0 atom stereocenters. The molecule has 21 heavy (non-hydrogen) atoms. The SMILES string of the molecule is N#Cc1ncccc1S(=O)(=O)N1CC(F)(F)OC(F)(F)C1. The van der Waals surface area contributed by atoms with Crippen LogP contribution in [-0.4, -0.2) is 43.0 Å². The zero-order valence-electron chi connectivity index (χ0n) is 10.1. The number of rotatable bonds is 2. The Balaban J connectivity index is 2.47. The van der Waals surface area contributed by atoms with Crippen molar-refractivity contribution in [3.05, 3.63) is 24.0 Å². The molecule has 0 amide bonds. The van der Waals surface area contributed by atoms with Crippen LogP contribution in [0.15, 0.2) is 23.2 Å². The maximum absolute atomic E-state index is 13.1. The first-order valence-corrected chi connectivity index (χ1v) is 6.82. The summed E-state index contributed by atoms with van der Waals surface area (Å²) in [6.45, 7) is -3.16. The minimum absolute atomic E-state index is 0.131. The van der Waals surface area contributed by atoms with Gasteiger partial charge in [-0.1, -0.05) is 0 Å². The molecular weight excluding hydrogens is 318 g/mol. The highest BCUT2D eigenvalue weighted by molar-refractivity contribution is 7.89. The summed E-state index contributed by atoms with van der Waals surface area (Å²) in [4.78, 5) is 2.74. The molecule has 0 bridgehead atoms. The molecule has 2 rings (SSSR count). The molecule has 1 aliphatic heterocycles. The Morgan fingerprint density at radius 3 is 2.38 bits per heavy atom. The molecule has 0 saturated carbocycles. The van der Waals surface area contributed by atoms with Gasteiger partial charge in [0.05, 0.1) is 0 Å². The van der Waals surface area contributed by atoms with Crippen LogP contribution in [0.5, 0.6) is 0 Å². The van der Waals surface area contributed by atoms with E-state index in [1.54, 1.807) is 0 Å². The van der Waals surface area contributed by atoms with Crippen LogP contribution < -0.4 is 0 Å². The van der Waals surface area contributed by atoms with E-state index in [0.717, 1.165) is 18.3 Å². The highest BCUT2D eigenvalue weighted by Crippen LogP contribution is 2.36. The second-order valence-corrected chi connectivity index (χ2v) is 6.02. The van der Waals surface area contributed by atoms with Crippen LogP contribution in [-0.2, 0) is 14.8 Å². The minimum Gasteiger partial charge on any atom is -0.253 e. The van der Waals surface area contributed by atoms with Gasteiger partial charge in [-0.2, -0.15) is 27.1 Å². The normalized spacial score (nSPS) is 21.7. The molecule has 11 heteroatoms. The highest BCUT2D eigenvalue weighted by atomic mass is 32.2. The first-order valence-electron chi connectivity index (χ1n) is 5.38. The number of nitriles is 1. The minimum atomic E-state index is -4.74. The maximum Gasteiger partial charge on any atom is 0.374 e. The van der Waals surface area contributed by atoms with Gasteiger partial charge >= 0.3 is 12.2 Å². The lowest BCUT2D eigenvalue weighted by Crippen LogP contribution is -2.56. The number of ether oxygens (including phenoxy) is 1. The van der Waals surface area contributed by atoms with Gasteiger partial charge in [0, 0.05) is 6.20 Å². The zero-order chi connectivity index (χ0) is 15.9. The first kappa shape index (κ1) is 15.6. The second-order valence-electron chi connectivity index (χ2n) is 4.11. The van der Waals surface area contributed by atoms with Crippen molar-refractivity contribution >= 4 is 10.0 Å². The second kappa shape index (κ2) is 4.90. The lowest BCUT2D eigenvalue weighted by atomic mass is 10.4. The van der Waals surface area contributed by atoms with E-state index in [-0.39, 0.29) is 4.31 Å². The molecule has 6 nitrogen and oxygen atoms in total. The Morgan fingerprint density at radius 2 is 1.86 bits per heavy atom. The summed E-state index contributed by atoms with van der Waals surface area (Å²) >= 11 is 0. The van der Waals surface area contributed by atoms with E-state index in [0.29, 0.717) is 0 Å². The highest BCUT2D eigenvalue weighted by Gasteiger charge is 2.54. The Kier molecular flexibility index (Phi) is 3.64. The van der Waals surface area contributed by atoms with Crippen molar-refractivity contribution in [2.75, 3.05) is 13.1 Å². The number of hydrogen-bond acceptors (Lipinski definition) is 5. The van der Waals surface area contributed by atoms with Crippen molar-refractivity contribution in [1.29, 1.82) is 5.26 Å². The third-order valence-corrected chi connectivity index (χ3v) is 4.34. The van der Waals surface area contributed by atoms with Crippen molar-refractivity contribution in [1.82, 2.24) is 9.29 Å². The third kappa shape index (κ3) is 3.12. The average Bonchev–Trinajstić information content (AvgIpc) is 2.35. The standard InChI is InChI=1S/C10H7F4N3O3S/c11-9(12)5-17(6-10(13,14)20-9)21(18,19)8-2-1-3-16-7(8)4-15/h1-3H,5-6H2. The molecule has 2 heterocycles. The number of sulfonamides is 1. The van der Waals surface area contributed by atoms with Gasteiger partial charge in [-0.05, 0) is 12.1 Å². The molecule has 0 aromatic carbocycles. The van der Waals surface area contributed by atoms with E-state index in [1.807, 2.05) is 0 Å². The fourth-order valence-corrected chi connectivity index (χ4v) is 3.25. The predicted molar refractivity (Wildman–Crippen MR) is 58.7 cm³/mol. The first-order chi connectivity index (χ1) is 9.57. The van der Waals surface area contributed by atoms with Gasteiger partial charge in [0.15, 0.2) is 5.69 Å². The lowest BCUT2D eigenvalue weighted by Gasteiger charge is -2.35. The van der Waals surface area contributed by atoms with Crippen molar-refractivity contribution in [2.45, 2.75) is 17.1 Å². The van der Waals surface area contributed by atoms with Crippen molar-refractivity contribution in [3.63, 3.8) is 0 Å².